The van der Waals surface area contributed by atoms with Crippen LogP contribution in [0.25, 0.3) is 11.0 Å². The highest BCUT2D eigenvalue weighted by Gasteiger charge is 2.51. The third kappa shape index (κ3) is 2.99. The molecule has 2 saturated heterocycles. The molecule has 4 fully saturated rings. The first-order chi connectivity index (χ1) is 14.0. The van der Waals surface area contributed by atoms with E-state index >= 15 is 0 Å². The van der Waals surface area contributed by atoms with Crippen LogP contribution in [-0.2, 0) is 14.8 Å². The highest BCUT2D eigenvalue weighted by Crippen LogP contribution is 2.48. The van der Waals surface area contributed by atoms with Crippen molar-refractivity contribution >= 4 is 32.8 Å². The number of fused-ring (bicyclic) bond motifs is 3. The number of pyridine rings is 1. The molecule has 2 saturated carbocycles. The van der Waals surface area contributed by atoms with E-state index in [-0.39, 0.29) is 35.1 Å². The SMILES string of the molecule is O=C(Nc1cc(C2CC3CCC(C2)N3S(=O)(=O)C2CC2)c2cc[nH]c2n1)C1CC1. The molecule has 2 aromatic heterocycles. The zero-order chi connectivity index (χ0) is 19.8. The second-order valence-corrected chi connectivity index (χ2v) is 11.3. The Bertz CT molecular complexity index is 1070. The third-order valence-electron chi connectivity index (χ3n) is 7.11. The van der Waals surface area contributed by atoms with Gasteiger partial charge in [0, 0.05) is 29.6 Å². The number of carbonyl (C=O) groups is 1. The summed E-state index contributed by atoms with van der Waals surface area (Å²) in [7, 11) is -3.13. The number of carbonyl (C=O) groups excluding carboxylic acids is 1. The van der Waals surface area contributed by atoms with Gasteiger partial charge in [-0.05, 0) is 75.0 Å². The fourth-order valence-electron chi connectivity index (χ4n) is 5.38. The van der Waals surface area contributed by atoms with Crippen molar-refractivity contribution < 1.29 is 13.2 Å². The Kier molecular flexibility index (Phi) is 3.88. The van der Waals surface area contributed by atoms with Crippen LogP contribution in [0.1, 0.15) is 62.8 Å². The predicted octanol–water partition coefficient (Wildman–Crippen LogP) is 3.11. The van der Waals surface area contributed by atoms with Crippen LogP contribution in [0.5, 0.6) is 0 Å². The molecule has 1 amide bonds. The van der Waals surface area contributed by atoms with Crippen molar-refractivity contribution in [3.63, 3.8) is 0 Å². The van der Waals surface area contributed by atoms with E-state index in [4.69, 9.17) is 0 Å². The van der Waals surface area contributed by atoms with Gasteiger partial charge in [0.25, 0.3) is 0 Å². The molecular weight excluding hydrogens is 388 g/mol. The molecule has 2 atom stereocenters. The van der Waals surface area contributed by atoms with Crippen LogP contribution in [0.4, 0.5) is 5.82 Å². The zero-order valence-electron chi connectivity index (χ0n) is 16.3. The number of H-pyrrole nitrogens is 1. The maximum absolute atomic E-state index is 12.9. The Labute approximate surface area is 170 Å². The van der Waals surface area contributed by atoms with Gasteiger partial charge >= 0.3 is 0 Å². The molecular formula is C21H26N4O3S. The van der Waals surface area contributed by atoms with Crippen molar-refractivity contribution in [1.82, 2.24) is 14.3 Å². The summed E-state index contributed by atoms with van der Waals surface area (Å²) in [6, 6.07) is 4.28. The third-order valence-corrected chi connectivity index (χ3v) is 9.60. The summed E-state index contributed by atoms with van der Waals surface area (Å²) in [5.74, 6) is 1.08. The number of amides is 1. The monoisotopic (exact) mass is 414 g/mol. The van der Waals surface area contributed by atoms with Gasteiger partial charge in [-0.3, -0.25) is 4.79 Å². The fourth-order valence-corrected chi connectivity index (χ4v) is 7.67. The van der Waals surface area contributed by atoms with E-state index < -0.39 is 10.0 Å². The molecule has 2 aromatic rings. The molecule has 29 heavy (non-hydrogen) atoms. The van der Waals surface area contributed by atoms with Gasteiger partial charge in [0.05, 0.1) is 5.25 Å². The summed E-state index contributed by atoms with van der Waals surface area (Å²) in [6.45, 7) is 0. The van der Waals surface area contributed by atoms with Crippen molar-refractivity contribution in [2.24, 2.45) is 5.92 Å². The lowest BCUT2D eigenvalue weighted by molar-refractivity contribution is -0.117. The molecule has 6 rings (SSSR count). The van der Waals surface area contributed by atoms with E-state index in [1.807, 2.05) is 22.6 Å². The van der Waals surface area contributed by atoms with Crippen molar-refractivity contribution in [2.75, 3.05) is 5.32 Å². The molecule has 2 aliphatic heterocycles. The molecule has 2 bridgehead atoms. The van der Waals surface area contributed by atoms with Gasteiger partial charge < -0.3 is 10.3 Å². The largest absolute Gasteiger partial charge is 0.346 e. The number of aromatic amines is 1. The number of anilines is 1. The Balaban J connectivity index is 1.31. The average Bonchev–Trinajstić information content (AvgIpc) is 3.61. The Morgan fingerprint density at radius 1 is 1.10 bits per heavy atom. The lowest BCUT2D eigenvalue weighted by Crippen LogP contribution is -2.47. The van der Waals surface area contributed by atoms with Crippen LogP contribution in [0, 0.1) is 5.92 Å². The molecule has 7 nitrogen and oxygen atoms in total. The second kappa shape index (κ2) is 6.28. The summed E-state index contributed by atoms with van der Waals surface area (Å²) < 4.78 is 27.7. The maximum Gasteiger partial charge on any atom is 0.228 e. The number of sulfonamides is 1. The highest BCUT2D eigenvalue weighted by atomic mass is 32.2. The summed E-state index contributed by atoms with van der Waals surface area (Å²) in [5.41, 5.74) is 1.97. The minimum atomic E-state index is -3.13. The zero-order valence-corrected chi connectivity index (χ0v) is 17.1. The minimum absolute atomic E-state index is 0.0553. The van der Waals surface area contributed by atoms with Crippen LogP contribution in [0.15, 0.2) is 18.3 Å². The van der Waals surface area contributed by atoms with Crippen molar-refractivity contribution in [3.05, 3.63) is 23.9 Å². The van der Waals surface area contributed by atoms with Gasteiger partial charge in [-0.2, -0.15) is 4.31 Å². The molecule has 154 valence electrons. The summed E-state index contributed by atoms with van der Waals surface area (Å²) in [4.78, 5) is 20.0. The first kappa shape index (κ1) is 17.9. The van der Waals surface area contributed by atoms with Gasteiger partial charge in [-0.1, -0.05) is 0 Å². The van der Waals surface area contributed by atoms with Gasteiger partial charge in [0.1, 0.15) is 11.5 Å². The highest BCUT2D eigenvalue weighted by molar-refractivity contribution is 7.90. The van der Waals surface area contributed by atoms with Gasteiger partial charge in [0.2, 0.25) is 15.9 Å². The normalized spacial score (nSPS) is 30.0. The Hall–Kier alpha value is -1.93. The molecule has 4 heterocycles. The Morgan fingerprint density at radius 3 is 2.48 bits per heavy atom. The number of hydrogen-bond donors (Lipinski definition) is 2. The number of piperidine rings is 1. The van der Waals surface area contributed by atoms with E-state index in [0.717, 1.165) is 62.4 Å². The predicted molar refractivity (Wildman–Crippen MR) is 110 cm³/mol. The first-order valence-electron chi connectivity index (χ1n) is 10.8. The maximum atomic E-state index is 12.9. The van der Waals surface area contributed by atoms with E-state index in [2.05, 4.69) is 15.3 Å². The summed E-state index contributed by atoms with van der Waals surface area (Å²) in [6.07, 6.45) is 9.06. The number of rotatable bonds is 5. The van der Waals surface area contributed by atoms with Crippen LogP contribution < -0.4 is 5.32 Å². The molecule has 0 aromatic carbocycles. The minimum Gasteiger partial charge on any atom is -0.346 e. The quantitative estimate of drug-likeness (QED) is 0.786. The lowest BCUT2D eigenvalue weighted by Gasteiger charge is -2.38. The topological polar surface area (TPSA) is 95.2 Å². The molecule has 0 radical (unpaired) electrons. The molecule has 2 aliphatic carbocycles. The van der Waals surface area contributed by atoms with Crippen LogP contribution in [-0.4, -0.2) is 45.9 Å². The van der Waals surface area contributed by atoms with Gasteiger partial charge in [-0.15, -0.1) is 0 Å². The smallest absolute Gasteiger partial charge is 0.228 e. The number of nitrogens with zero attached hydrogens (tertiary/aromatic N) is 2. The summed E-state index contributed by atoms with van der Waals surface area (Å²) in [5, 5.41) is 3.93. The van der Waals surface area contributed by atoms with Crippen molar-refractivity contribution in [3.8, 4) is 0 Å². The number of nitrogens with one attached hydrogen (secondary N) is 2. The molecule has 2 N–H and O–H groups in total. The molecule has 4 aliphatic rings. The van der Waals surface area contributed by atoms with Crippen LogP contribution in [0.3, 0.4) is 0 Å². The Morgan fingerprint density at radius 2 is 1.83 bits per heavy atom. The fraction of sp³-hybridized carbons (Fsp3) is 0.619. The van der Waals surface area contributed by atoms with E-state index in [1.54, 1.807) is 0 Å². The summed E-state index contributed by atoms with van der Waals surface area (Å²) >= 11 is 0. The second-order valence-electron chi connectivity index (χ2n) is 9.23. The van der Waals surface area contributed by atoms with E-state index in [0.29, 0.717) is 5.82 Å². The van der Waals surface area contributed by atoms with Gasteiger partial charge in [-0.25, -0.2) is 13.4 Å². The van der Waals surface area contributed by atoms with Gasteiger partial charge in [0.15, 0.2) is 0 Å². The number of hydrogen-bond acceptors (Lipinski definition) is 4. The van der Waals surface area contributed by atoms with E-state index in [9.17, 15) is 13.2 Å². The van der Waals surface area contributed by atoms with Crippen molar-refractivity contribution in [1.29, 1.82) is 0 Å². The number of aromatic nitrogens is 2. The van der Waals surface area contributed by atoms with Crippen LogP contribution >= 0.6 is 0 Å². The average molecular weight is 415 g/mol. The molecule has 2 unspecified atom stereocenters. The van der Waals surface area contributed by atoms with E-state index in [1.165, 1.54) is 5.56 Å². The van der Waals surface area contributed by atoms with Crippen molar-refractivity contribution in [2.45, 2.75) is 74.6 Å². The molecule has 8 heteroatoms. The molecule has 0 spiro atoms. The lowest BCUT2D eigenvalue weighted by atomic mass is 9.85. The standard InChI is InChI=1S/C21H26N4O3S/c26-21(12-1-2-12)24-19-11-18(17-7-8-22-20(17)23-19)13-9-14-3-4-15(10-13)25(14)29(27,28)16-5-6-16/h7-8,11-16H,1-6,9-10H2,(H2,22,23,24,26). The first-order valence-corrected chi connectivity index (χ1v) is 12.3. The van der Waals surface area contributed by atoms with Crippen LogP contribution in [0.2, 0.25) is 0 Å².